The van der Waals surface area contributed by atoms with E-state index in [9.17, 15) is 13.2 Å². The molecule has 7 nitrogen and oxygen atoms in total. The summed E-state index contributed by atoms with van der Waals surface area (Å²) in [7, 11) is -3.94. The molecule has 1 aromatic rings. The SMILES string of the molecule is CCOC(=O)C1CC2(CC(CC)N1S(=O)(=O)c1ccc(Cl)cc1)OCCO2. The maximum absolute atomic E-state index is 13.4. The third-order valence-corrected chi connectivity index (χ3v) is 7.18. The fraction of sp³-hybridized carbons (Fsp3) is 0.611. The van der Waals surface area contributed by atoms with Crippen LogP contribution in [0.2, 0.25) is 5.02 Å². The Labute approximate surface area is 164 Å². The van der Waals surface area contributed by atoms with Crippen LogP contribution in [0.5, 0.6) is 0 Å². The molecule has 3 rings (SSSR count). The van der Waals surface area contributed by atoms with Gasteiger partial charge in [-0.2, -0.15) is 4.31 Å². The number of benzene rings is 1. The molecule has 0 aliphatic carbocycles. The number of carbonyl (C=O) groups is 1. The molecule has 2 saturated heterocycles. The Morgan fingerprint density at radius 2 is 1.85 bits per heavy atom. The molecule has 2 unspecified atom stereocenters. The van der Waals surface area contributed by atoms with Crippen molar-refractivity contribution in [2.45, 2.75) is 55.9 Å². The van der Waals surface area contributed by atoms with Gasteiger partial charge in [-0.25, -0.2) is 8.42 Å². The van der Waals surface area contributed by atoms with E-state index in [1.54, 1.807) is 6.92 Å². The van der Waals surface area contributed by atoms with Gasteiger partial charge in [0, 0.05) is 23.9 Å². The summed E-state index contributed by atoms with van der Waals surface area (Å²) in [6, 6.07) is 4.46. The van der Waals surface area contributed by atoms with Gasteiger partial charge in [-0.3, -0.25) is 4.79 Å². The van der Waals surface area contributed by atoms with Crippen molar-refractivity contribution in [3.05, 3.63) is 29.3 Å². The van der Waals surface area contributed by atoms with Gasteiger partial charge in [0.15, 0.2) is 5.79 Å². The number of sulfonamides is 1. The molecular formula is C18H24ClNO6S. The second kappa shape index (κ2) is 8.05. The lowest BCUT2D eigenvalue weighted by Crippen LogP contribution is -2.60. The quantitative estimate of drug-likeness (QED) is 0.685. The van der Waals surface area contributed by atoms with E-state index in [2.05, 4.69) is 0 Å². The van der Waals surface area contributed by atoms with Crippen LogP contribution in [0.4, 0.5) is 0 Å². The predicted molar refractivity (Wildman–Crippen MR) is 98.8 cm³/mol. The Balaban J connectivity index is 2.03. The van der Waals surface area contributed by atoms with Crippen molar-refractivity contribution >= 4 is 27.6 Å². The van der Waals surface area contributed by atoms with Crippen LogP contribution in [0.15, 0.2) is 29.2 Å². The van der Waals surface area contributed by atoms with E-state index in [1.165, 1.54) is 28.6 Å². The molecule has 2 heterocycles. The van der Waals surface area contributed by atoms with E-state index >= 15 is 0 Å². The van der Waals surface area contributed by atoms with E-state index in [1.807, 2.05) is 6.92 Å². The highest BCUT2D eigenvalue weighted by atomic mass is 35.5. The minimum Gasteiger partial charge on any atom is -0.465 e. The smallest absolute Gasteiger partial charge is 0.324 e. The van der Waals surface area contributed by atoms with Crippen molar-refractivity contribution < 1.29 is 27.4 Å². The molecule has 0 saturated carbocycles. The van der Waals surface area contributed by atoms with Crippen molar-refractivity contribution in [3.63, 3.8) is 0 Å². The average Bonchev–Trinajstić information content (AvgIpc) is 3.08. The lowest BCUT2D eigenvalue weighted by molar-refractivity contribution is -0.206. The van der Waals surface area contributed by atoms with E-state index in [4.69, 9.17) is 25.8 Å². The number of hydrogen-bond donors (Lipinski definition) is 0. The summed E-state index contributed by atoms with van der Waals surface area (Å²) in [5, 5.41) is 0.438. The number of piperidine rings is 1. The maximum atomic E-state index is 13.4. The number of rotatable bonds is 5. The van der Waals surface area contributed by atoms with Crippen LogP contribution in [0.25, 0.3) is 0 Å². The topological polar surface area (TPSA) is 82.1 Å². The molecule has 1 aromatic carbocycles. The molecule has 0 aromatic heterocycles. The lowest BCUT2D eigenvalue weighted by atomic mass is 9.91. The molecule has 2 aliphatic heterocycles. The van der Waals surface area contributed by atoms with Crippen molar-refractivity contribution in [2.24, 2.45) is 0 Å². The molecule has 1 spiro atoms. The molecule has 150 valence electrons. The largest absolute Gasteiger partial charge is 0.465 e. The van der Waals surface area contributed by atoms with Crippen molar-refractivity contribution in [1.82, 2.24) is 4.31 Å². The van der Waals surface area contributed by atoms with E-state index in [0.29, 0.717) is 31.1 Å². The fourth-order valence-electron chi connectivity index (χ4n) is 3.75. The minimum absolute atomic E-state index is 0.0869. The van der Waals surface area contributed by atoms with Crippen LogP contribution in [-0.4, -0.2) is 56.4 Å². The first-order chi connectivity index (χ1) is 12.8. The molecule has 2 aliphatic rings. The molecule has 0 radical (unpaired) electrons. The molecule has 27 heavy (non-hydrogen) atoms. The Kier molecular flexibility index (Phi) is 6.12. The zero-order chi connectivity index (χ0) is 19.7. The third-order valence-electron chi connectivity index (χ3n) is 4.95. The molecule has 0 N–H and O–H groups in total. The van der Waals surface area contributed by atoms with Crippen molar-refractivity contribution in [3.8, 4) is 0 Å². The van der Waals surface area contributed by atoms with Crippen LogP contribution in [0.3, 0.4) is 0 Å². The summed E-state index contributed by atoms with van der Waals surface area (Å²) >= 11 is 5.89. The number of nitrogens with zero attached hydrogens (tertiary/aromatic N) is 1. The zero-order valence-electron chi connectivity index (χ0n) is 15.4. The first-order valence-electron chi connectivity index (χ1n) is 9.06. The van der Waals surface area contributed by atoms with Crippen LogP contribution in [0.1, 0.15) is 33.1 Å². The van der Waals surface area contributed by atoms with Gasteiger partial charge < -0.3 is 14.2 Å². The van der Waals surface area contributed by atoms with E-state index in [0.717, 1.165) is 0 Å². The zero-order valence-corrected chi connectivity index (χ0v) is 17.0. The van der Waals surface area contributed by atoms with E-state index in [-0.39, 0.29) is 17.9 Å². The lowest BCUT2D eigenvalue weighted by Gasteiger charge is -2.46. The fourth-order valence-corrected chi connectivity index (χ4v) is 5.71. The minimum atomic E-state index is -3.94. The molecule has 2 fully saturated rings. The van der Waals surface area contributed by atoms with Gasteiger partial charge >= 0.3 is 5.97 Å². The van der Waals surface area contributed by atoms with Crippen molar-refractivity contribution in [1.29, 1.82) is 0 Å². The van der Waals surface area contributed by atoms with Gasteiger partial charge in [-0.05, 0) is 37.6 Å². The number of hydrogen-bond acceptors (Lipinski definition) is 6. The highest BCUT2D eigenvalue weighted by Crippen LogP contribution is 2.41. The number of ether oxygens (including phenoxy) is 3. The third kappa shape index (κ3) is 4.00. The normalized spacial score (nSPS) is 25.6. The van der Waals surface area contributed by atoms with Crippen molar-refractivity contribution in [2.75, 3.05) is 19.8 Å². The van der Waals surface area contributed by atoms with Gasteiger partial charge in [0.2, 0.25) is 10.0 Å². The summed E-state index contributed by atoms with van der Waals surface area (Å²) in [5.41, 5.74) is 0. The summed E-state index contributed by atoms with van der Waals surface area (Å²) in [4.78, 5) is 12.8. The monoisotopic (exact) mass is 417 g/mol. The molecular weight excluding hydrogens is 394 g/mol. The Hall–Kier alpha value is -1.19. The average molecular weight is 418 g/mol. The second-order valence-electron chi connectivity index (χ2n) is 6.63. The first-order valence-corrected chi connectivity index (χ1v) is 10.9. The van der Waals surface area contributed by atoms with Gasteiger partial charge in [-0.1, -0.05) is 18.5 Å². The summed E-state index contributed by atoms with van der Waals surface area (Å²) in [6.45, 7) is 4.58. The van der Waals surface area contributed by atoms with Gasteiger partial charge in [0.25, 0.3) is 0 Å². The number of halogens is 1. The van der Waals surface area contributed by atoms with Crippen LogP contribution in [-0.2, 0) is 29.0 Å². The van der Waals surface area contributed by atoms with Gasteiger partial charge in [-0.15, -0.1) is 0 Å². The molecule has 0 bridgehead atoms. The second-order valence-corrected chi connectivity index (χ2v) is 8.91. The Morgan fingerprint density at radius 3 is 2.41 bits per heavy atom. The highest BCUT2D eigenvalue weighted by Gasteiger charge is 2.54. The summed E-state index contributed by atoms with van der Waals surface area (Å²) in [5.74, 6) is -1.53. The van der Waals surface area contributed by atoms with E-state index < -0.39 is 33.9 Å². The maximum Gasteiger partial charge on any atom is 0.324 e. The summed E-state index contributed by atoms with van der Waals surface area (Å²) in [6.07, 6.45) is 0.985. The summed E-state index contributed by atoms with van der Waals surface area (Å²) < 4.78 is 44.8. The Morgan fingerprint density at radius 1 is 1.22 bits per heavy atom. The van der Waals surface area contributed by atoms with Crippen LogP contribution in [0, 0.1) is 0 Å². The molecule has 0 amide bonds. The number of carbonyl (C=O) groups excluding carboxylic acids is 1. The van der Waals surface area contributed by atoms with Gasteiger partial charge in [0.1, 0.15) is 6.04 Å². The predicted octanol–water partition coefficient (Wildman–Crippen LogP) is 2.58. The number of esters is 1. The molecule has 9 heteroatoms. The Bertz CT molecular complexity index is 776. The first kappa shape index (κ1) is 20.5. The standard InChI is InChI=1S/C18H24ClNO6S/c1-3-14-11-18(25-9-10-26-18)12-16(17(21)24-4-2)20(14)27(22,23)15-7-5-13(19)6-8-15/h5-8,14,16H,3-4,9-12H2,1-2H3. The molecule has 2 atom stereocenters. The highest BCUT2D eigenvalue weighted by molar-refractivity contribution is 7.89. The van der Waals surface area contributed by atoms with Gasteiger partial charge in [0.05, 0.1) is 24.7 Å². The van der Waals surface area contributed by atoms with Crippen LogP contribution >= 0.6 is 11.6 Å². The van der Waals surface area contributed by atoms with Crippen LogP contribution < -0.4 is 0 Å².